The molecule has 3 nitrogen and oxygen atoms in total. The molecule has 0 saturated heterocycles. The summed E-state index contributed by atoms with van der Waals surface area (Å²) < 4.78 is 18.4. The molecule has 0 amide bonds. The molecule has 1 atom stereocenters. The van der Waals surface area contributed by atoms with Gasteiger partial charge in [0.05, 0.1) is 7.11 Å². The number of benzene rings is 1. The maximum atomic E-state index is 13.4. The third-order valence-corrected chi connectivity index (χ3v) is 4.48. The Bertz CT molecular complexity index is 501. The Morgan fingerprint density at radius 2 is 2.00 bits per heavy atom. The summed E-state index contributed by atoms with van der Waals surface area (Å²) in [5.74, 6) is -0.588. The van der Waals surface area contributed by atoms with Gasteiger partial charge in [-0.05, 0) is 36.5 Å². The van der Waals surface area contributed by atoms with Gasteiger partial charge in [0, 0.05) is 5.69 Å². The molecule has 20 heavy (non-hydrogen) atoms. The summed E-state index contributed by atoms with van der Waals surface area (Å²) in [6.45, 7) is 4.13. The molecule has 0 aliphatic heterocycles. The minimum atomic E-state index is -0.798. The zero-order chi connectivity index (χ0) is 14.8. The van der Waals surface area contributed by atoms with Gasteiger partial charge in [0.25, 0.3) is 0 Å². The molecule has 0 bridgehead atoms. The number of nitrogens with one attached hydrogen (secondary N) is 1. The molecule has 1 aliphatic rings. The normalized spacial score (nSPS) is 25.0. The number of carbonyl (C=O) groups excluding carboxylic acids is 1. The minimum absolute atomic E-state index is 0.245. The van der Waals surface area contributed by atoms with Gasteiger partial charge < -0.3 is 10.1 Å². The number of carbonyl (C=O) groups is 1. The van der Waals surface area contributed by atoms with E-state index >= 15 is 0 Å². The van der Waals surface area contributed by atoms with E-state index < -0.39 is 5.54 Å². The van der Waals surface area contributed by atoms with Crippen molar-refractivity contribution in [3.05, 3.63) is 30.1 Å². The van der Waals surface area contributed by atoms with Crippen molar-refractivity contribution >= 4 is 11.7 Å². The highest BCUT2D eigenvalue weighted by atomic mass is 19.1. The largest absolute Gasteiger partial charge is 0.467 e. The summed E-state index contributed by atoms with van der Waals surface area (Å²) in [4.78, 5) is 12.4. The van der Waals surface area contributed by atoms with Gasteiger partial charge in [0.1, 0.15) is 11.4 Å². The highest BCUT2D eigenvalue weighted by Gasteiger charge is 2.53. The van der Waals surface area contributed by atoms with Gasteiger partial charge in [0.2, 0.25) is 0 Å². The smallest absolute Gasteiger partial charge is 0.332 e. The quantitative estimate of drug-likeness (QED) is 0.856. The predicted molar refractivity (Wildman–Crippen MR) is 77.0 cm³/mol. The third kappa shape index (κ3) is 2.51. The first-order valence-electron chi connectivity index (χ1n) is 7.03. The number of methoxy groups -OCH3 is 1. The van der Waals surface area contributed by atoms with Crippen LogP contribution in [0.3, 0.4) is 0 Å². The van der Waals surface area contributed by atoms with E-state index in [9.17, 15) is 9.18 Å². The second-order valence-corrected chi connectivity index (χ2v) is 6.12. The first-order chi connectivity index (χ1) is 9.41. The lowest BCUT2D eigenvalue weighted by Gasteiger charge is -2.48. The third-order valence-electron chi connectivity index (χ3n) is 4.48. The van der Waals surface area contributed by atoms with Crippen LogP contribution in [0.25, 0.3) is 0 Å². The molecular formula is C16H22FNO2. The molecule has 1 N–H and O–H groups in total. The van der Waals surface area contributed by atoms with E-state index in [1.54, 1.807) is 12.1 Å². The molecule has 4 heteroatoms. The van der Waals surface area contributed by atoms with E-state index in [1.807, 2.05) is 0 Å². The maximum Gasteiger partial charge on any atom is 0.332 e. The summed E-state index contributed by atoms with van der Waals surface area (Å²) in [5, 5.41) is 3.26. The second-order valence-electron chi connectivity index (χ2n) is 6.12. The van der Waals surface area contributed by atoms with Crippen molar-refractivity contribution in [2.24, 2.45) is 5.41 Å². The summed E-state index contributed by atoms with van der Waals surface area (Å²) in [5.41, 5.74) is -0.427. The molecule has 2 rings (SSSR count). The molecule has 0 radical (unpaired) electrons. The van der Waals surface area contributed by atoms with E-state index in [1.165, 1.54) is 19.2 Å². The van der Waals surface area contributed by atoms with Gasteiger partial charge in [0.15, 0.2) is 0 Å². The topological polar surface area (TPSA) is 38.3 Å². The second kappa shape index (κ2) is 5.43. The van der Waals surface area contributed by atoms with Gasteiger partial charge >= 0.3 is 5.97 Å². The van der Waals surface area contributed by atoms with Crippen LogP contribution in [0.5, 0.6) is 0 Å². The highest BCUT2D eigenvalue weighted by Crippen LogP contribution is 2.46. The van der Waals surface area contributed by atoms with Crippen LogP contribution in [0.1, 0.15) is 39.5 Å². The molecule has 1 fully saturated rings. The number of esters is 1. The highest BCUT2D eigenvalue weighted by molar-refractivity contribution is 5.86. The lowest BCUT2D eigenvalue weighted by molar-refractivity contribution is -0.152. The fraction of sp³-hybridized carbons (Fsp3) is 0.562. The SMILES string of the molecule is COC(=O)C1(Nc2cccc(F)c2)CCCCC1(C)C. The van der Waals surface area contributed by atoms with Crippen LogP contribution in [0.15, 0.2) is 24.3 Å². The maximum absolute atomic E-state index is 13.4. The van der Waals surface area contributed by atoms with E-state index in [2.05, 4.69) is 19.2 Å². The Morgan fingerprint density at radius 3 is 2.60 bits per heavy atom. The number of rotatable bonds is 3. The van der Waals surface area contributed by atoms with Crippen LogP contribution in [-0.2, 0) is 9.53 Å². The van der Waals surface area contributed by atoms with Crippen LogP contribution in [0.4, 0.5) is 10.1 Å². The van der Waals surface area contributed by atoms with E-state index in [0.29, 0.717) is 12.1 Å². The van der Waals surface area contributed by atoms with E-state index in [-0.39, 0.29) is 17.2 Å². The summed E-state index contributed by atoms with van der Waals surface area (Å²) in [6, 6.07) is 6.22. The van der Waals surface area contributed by atoms with Crippen molar-refractivity contribution in [2.45, 2.75) is 45.1 Å². The van der Waals surface area contributed by atoms with Crippen LogP contribution < -0.4 is 5.32 Å². The Hall–Kier alpha value is -1.58. The van der Waals surface area contributed by atoms with Crippen LogP contribution in [-0.4, -0.2) is 18.6 Å². The number of hydrogen-bond acceptors (Lipinski definition) is 3. The van der Waals surface area contributed by atoms with Crippen LogP contribution >= 0.6 is 0 Å². The van der Waals surface area contributed by atoms with Gasteiger partial charge in [-0.1, -0.05) is 32.8 Å². The first kappa shape index (κ1) is 14.8. The molecule has 110 valence electrons. The molecule has 1 aromatic carbocycles. The summed E-state index contributed by atoms with van der Waals surface area (Å²) in [7, 11) is 1.40. The van der Waals surface area contributed by atoms with Crippen molar-refractivity contribution in [1.82, 2.24) is 0 Å². The van der Waals surface area contributed by atoms with Crippen LogP contribution in [0.2, 0.25) is 0 Å². The average Bonchev–Trinajstić information content (AvgIpc) is 2.40. The Balaban J connectivity index is 2.39. The Morgan fingerprint density at radius 1 is 1.30 bits per heavy atom. The number of ether oxygens (including phenoxy) is 1. The standard InChI is InChI=1S/C16H22FNO2/c1-15(2)9-4-5-10-16(15,14(19)20-3)18-13-8-6-7-12(17)11-13/h6-8,11,18H,4-5,9-10H2,1-3H3. The van der Waals surface area contributed by atoms with Gasteiger partial charge in [-0.25, -0.2) is 9.18 Å². The molecule has 1 aromatic rings. The molecule has 0 heterocycles. The van der Waals surface area contributed by atoms with Crippen molar-refractivity contribution in [2.75, 3.05) is 12.4 Å². The van der Waals surface area contributed by atoms with Crippen molar-refractivity contribution in [1.29, 1.82) is 0 Å². The minimum Gasteiger partial charge on any atom is -0.467 e. The summed E-state index contributed by atoms with van der Waals surface area (Å²) in [6.07, 6.45) is 3.69. The monoisotopic (exact) mass is 279 g/mol. The molecule has 1 unspecified atom stereocenters. The van der Waals surface area contributed by atoms with Gasteiger partial charge in [-0.15, -0.1) is 0 Å². The fourth-order valence-corrected chi connectivity index (χ4v) is 3.16. The molecule has 1 aliphatic carbocycles. The van der Waals surface area contributed by atoms with E-state index in [0.717, 1.165) is 19.3 Å². The zero-order valence-corrected chi connectivity index (χ0v) is 12.3. The fourth-order valence-electron chi connectivity index (χ4n) is 3.16. The van der Waals surface area contributed by atoms with Gasteiger partial charge in [-0.2, -0.15) is 0 Å². The lowest BCUT2D eigenvalue weighted by atomic mass is 9.63. The first-order valence-corrected chi connectivity index (χ1v) is 7.03. The van der Waals surface area contributed by atoms with Gasteiger partial charge in [-0.3, -0.25) is 0 Å². The number of anilines is 1. The van der Waals surface area contributed by atoms with Crippen molar-refractivity contribution in [3.8, 4) is 0 Å². The summed E-state index contributed by atoms with van der Waals surface area (Å²) >= 11 is 0. The molecule has 0 aromatic heterocycles. The van der Waals surface area contributed by atoms with Crippen LogP contribution in [0, 0.1) is 11.2 Å². The average molecular weight is 279 g/mol. The molecule has 1 saturated carbocycles. The Kier molecular flexibility index (Phi) is 4.02. The van der Waals surface area contributed by atoms with E-state index in [4.69, 9.17) is 4.74 Å². The van der Waals surface area contributed by atoms with Crippen molar-refractivity contribution < 1.29 is 13.9 Å². The zero-order valence-electron chi connectivity index (χ0n) is 12.3. The lowest BCUT2D eigenvalue weighted by Crippen LogP contribution is -2.59. The Labute approximate surface area is 119 Å². The molecule has 0 spiro atoms. The van der Waals surface area contributed by atoms with Crippen molar-refractivity contribution in [3.63, 3.8) is 0 Å². The predicted octanol–water partition coefficient (Wildman–Crippen LogP) is 3.75. The number of hydrogen-bond donors (Lipinski definition) is 1. The number of halogens is 1. The molecular weight excluding hydrogens is 257 g/mol.